The lowest BCUT2D eigenvalue weighted by molar-refractivity contribution is -0.385. The number of carbonyl (C=O) groups excluding carboxylic acids is 1. The third-order valence-electron chi connectivity index (χ3n) is 3.56. The van der Waals surface area contributed by atoms with Gasteiger partial charge in [-0.3, -0.25) is 14.9 Å². The first-order chi connectivity index (χ1) is 12.0. The minimum atomic E-state index is -0.562. The van der Waals surface area contributed by atoms with E-state index in [0.29, 0.717) is 6.54 Å². The highest BCUT2D eigenvalue weighted by atomic mass is 32.2. The van der Waals surface area contributed by atoms with Gasteiger partial charge >= 0.3 is 5.69 Å². The van der Waals surface area contributed by atoms with Crippen LogP contribution < -0.4 is 10.1 Å². The van der Waals surface area contributed by atoms with Crippen LogP contribution in [-0.4, -0.2) is 30.2 Å². The number of aryl methyl sites for hydroxylation is 1. The Hall–Kier alpha value is -2.54. The molecule has 0 aromatic heterocycles. The number of benzene rings is 2. The van der Waals surface area contributed by atoms with Gasteiger partial charge < -0.3 is 10.1 Å². The highest BCUT2D eigenvalue weighted by molar-refractivity contribution is 7.98. The van der Waals surface area contributed by atoms with Crippen molar-refractivity contribution in [1.82, 2.24) is 5.32 Å². The summed E-state index contributed by atoms with van der Waals surface area (Å²) in [7, 11) is 1.35. The number of methoxy groups -OCH3 is 1. The summed E-state index contributed by atoms with van der Waals surface area (Å²) in [6.07, 6.45) is 0. The quantitative estimate of drug-likeness (QED) is 0.442. The molecular formula is C18H20N2O4S. The first-order valence-corrected chi connectivity index (χ1v) is 8.90. The Morgan fingerprint density at radius 2 is 1.96 bits per heavy atom. The first kappa shape index (κ1) is 18.8. The van der Waals surface area contributed by atoms with E-state index in [1.54, 1.807) is 11.8 Å². The van der Waals surface area contributed by atoms with Gasteiger partial charge in [-0.1, -0.05) is 29.8 Å². The predicted octanol–water partition coefficient (Wildman–Crippen LogP) is 3.58. The number of thioether (sulfide) groups is 1. The molecule has 0 atom stereocenters. The van der Waals surface area contributed by atoms with Crippen LogP contribution in [0.15, 0.2) is 42.5 Å². The molecule has 1 amide bonds. The number of nitrogens with zero attached hydrogens (tertiary/aromatic N) is 1. The first-order valence-electron chi connectivity index (χ1n) is 7.75. The number of hydrogen-bond acceptors (Lipinski definition) is 5. The fourth-order valence-corrected chi connectivity index (χ4v) is 3.01. The zero-order valence-corrected chi connectivity index (χ0v) is 15.0. The number of rotatable bonds is 8. The Morgan fingerprint density at radius 3 is 2.60 bits per heavy atom. The maximum Gasteiger partial charge on any atom is 0.311 e. The fraction of sp³-hybridized carbons (Fsp3) is 0.278. The smallest absolute Gasteiger partial charge is 0.311 e. The van der Waals surface area contributed by atoms with Crippen molar-refractivity contribution in [2.24, 2.45) is 0 Å². The van der Waals surface area contributed by atoms with E-state index in [2.05, 4.69) is 36.5 Å². The average Bonchev–Trinajstić information content (AvgIpc) is 2.62. The molecule has 0 radical (unpaired) electrons. The summed E-state index contributed by atoms with van der Waals surface area (Å²) in [5.74, 6) is 1.44. The molecular weight excluding hydrogens is 340 g/mol. The standard InChI is InChI=1S/C18H20N2O4S/c1-13-3-5-14(6-4-13)12-25-10-9-19-18(21)15-7-8-17(24-2)16(11-15)20(22)23/h3-8,11H,9-10,12H2,1-2H3,(H,19,21). The second-order valence-corrected chi connectivity index (χ2v) is 6.54. The van der Waals surface area contributed by atoms with Crippen LogP contribution in [0.25, 0.3) is 0 Å². The molecule has 0 bridgehead atoms. The summed E-state index contributed by atoms with van der Waals surface area (Å²) in [5, 5.41) is 13.8. The third-order valence-corrected chi connectivity index (χ3v) is 4.59. The van der Waals surface area contributed by atoms with Gasteiger partial charge in [-0.15, -0.1) is 0 Å². The van der Waals surface area contributed by atoms with E-state index in [-0.39, 0.29) is 22.9 Å². The van der Waals surface area contributed by atoms with Crippen LogP contribution in [0.5, 0.6) is 5.75 Å². The molecule has 0 aliphatic heterocycles. The largest absolute Gasteiger partial charge is 0.490 e. The number of amides is 1. The summed E-state index contributed by atoms with van der Waals surface area (Å²) in [4.78, 5) is 22.5. The van der Waals surface area contributed by atoms with Crippen LogP contribution in [0.2, 0.25) is 0 Å². The average molecular weight is 360 g/mol. The van der Waals surface area contributed by atoms with Gasteiger partial charge in [-0.05, 0) is 24.6 Å². The van der Waals surface area contributed by atoms with Gasteiger partial charge in [0.2, 0.25) is 0 Å². The summed E-state index contributed by atoms with van der Waals surface area (Å²) < 4.78 is 4.93. The normalized spacial score (nSPS) is 10.3. The van der Waals surface area contributed by atoms with Gasteiger partial charge in [0.25, 0.3) is 5.91 Å². The molecule has 7 heteroatoms. The second-order valence-electron chi connectivity index (χ2n) is 5.44. The zero-order valence-electron chi connectivity index (χ0n) is 14.2. The summed E-state index contributed by atoms with van der Waals surface area (Å²) in [6.45, 7) is 2.55. The van der Waals surface area contributed by atoms with E-state index in [1.165, 1.54) is 36.4 Å². The molecule has 2 aromatic carbocycles. The van der Waals surface area contributed by atoms with Gasteiger partial charge in [0.05, 0.1) is 12.0 Å². The maximum atomic E-state index is 12.1. The highest BCUT2D eigenvalue weighted by Crippen LogP contribution is 2.27. The molecule has 0 saturated heterocycles. The monoisotopic (exact) mass is 360 g/mol. The number of ether oxygens (including phenoxy) is 1. The van der Waals surface area contributed by atoms with Crippen molar-refractivity contribution in [3.05, 3.63) is 69.3 Å². The molecule has 2 aromatic rings. The minimum Gasteiger partial charge on any atom is -0.490 e. The Balaban J connectivity index is 1.81. The highest BCUT2D eigenvalue weighted by Gasteiger charge is 2.17. The zero-order chi connectivity index (χ0) is 18.2. The van der Waals surface area contributed by atoms with Gasteiger partial charge in [0.1, 0.15) is 0 Å². The van der Waals surface area contributed by atoms with Gasteiger partial charge in [0, 0.05) is 29.7 Å². The molecule has 0 heterocycles. The number of nitro groups is 1. The van der Waals surface area contributed by atoms with E-state index in [4.69, 9.17) is 4.74 Å². The van der Waals surface area contributed by atoms with E-state index < -0.39 is 4.92 Å². The molecule has 6 nitrogen and oxygen atoms in total. The molecule has 1 N–H and O–H groups in total. The van der Waals surface area contributed by atoms with Crippen LogP contribution in [0.1, 0.15) is 21.5 Å². The van der Waals surface area contributed by atoms with Crippen molar-refractivity contribution in [2.45, 2.75) is 12.7 Å². The number of carbonyl (C=O) groups is 1. The van der Waals surface area contributed by atoms with Crippen molar-refractivity contribution in [1.29, 1.82) is 0 Å². The van der Waals surface area contributed by atoms with Crippen molar-refractivity contribution in [3.8, 4) is 5.75 Å². The van der Waals surface area contributed by atoms with Crippen LogP contribution in [0.4, 0.5) is 5.69 Å². The van der Waals surface area contributed by atoms with Crippen molar-refractivity contribution < 1.29 is 14.5 Å². The van der Waals surface area contributed by atoms with E-state index in [1.807, 2.05) is 0 Å². The van der Waals surface area contributed by atoms with Crippen LogP contribution in [-0.2, 0) is 5.75 Å². The lowest BCUT2D eigenvalue weighted by Gasteiger charge is -2.07. The van der Waals surface area contributed by atoms with Gasteiger partial charge in [-0.25, -0.2) is 0 Å². The second kappa shape index (κ2) is 9.08. The summed E-state index contributed by atoms with van der Waals surface area (Å²) in [6, 6.07) is 12.5. The topological polar surface area (TPSA) is 81.5 Å². The SMILES string of the molecule is COc1ccc(C(=O)NCCSCc2ccc(C)cc2)cc1[N+](=O)[O-]. The fourth-order valence-electron chi connectivity index (χ4n) is 2.19. The van der Waals surface area contributed by atoms with Crippen LogP contribution in [0, 0.1) is 17.0 Å². The third kappa shape index (κ3) is 5.49. The van der Waals surface area contributed by atoms with E-state index >= 15 is 0 Å². The summed E-state index contributed by atoms with van der Waals surface area (Å²) in [5.41, 5.74) is 2.50. The Morgan fingerprint density at radius 1 is 1.24 bits per heavy atom. The van der Waals surface area contributed by atoms with Crippen molar-refractivity contribution in [2.75, 3.05) is 19.4 Å². The molecule has 0 fully saturated rings. The van der Waals surface area contributed by atoms with Gasteiger partial charge in [-0.2, -0.15) is 11.8 Å². The van der Waals surface area contributed by atoms with Crippen molar-refractivity contribution in [3.63, 3.8) is 0 Å². The van der Waals surface area contributed by atoms with E-state index in [9.17, 15) is 14.9 Å². The number of hydrogen-bond donors (Lipinski definition) is 1. The molecule has 2 rings (SSSR count). The van der Waals surface area contributed by atoms with Crippen LogP contribution in [0.3, 0.4) is 0 Å². The Labute approximate surface area is 150 Å². The van der Waals surface area contributed by atoms with E-state index in [0.717, 1.165) is 11.5 Å². The molecule has 132 valence electrons. The Kier molecular flexibility index (Phi) is 6.82. The molecule has 0 unspecified atom stereocenters. The lowest BCUT2D eigenvalue weighted by atomic mass is 10.1. The Bertz CT molecular complexity index is 747. The molecule has 0 aliphatic carbocycles. The molecule has 0 saturated carbocycles. The number of nitrogens with one attached hydrogen (secondary N) is 1. The number of nitro benzene ring substituents is 1. The summed E-state index contributed by atoms with van der Waals surface area (Å²) >= 11 is 1.72. The predicted molar refractivity (Wildman–Crippen MR) is 99.3 cm³/mol. The van der Waals surface area contributed by atoms with Crippen molar-refractivity contribution >= 4 is 23.4 Å². The van der Waals surface area contributed by atoms with Gasteiger partial charge in [0.15, 0.2) is 5.75 Å². The molecule has 0 spiro atoms. The minimum absolute atomic E-state index is 0.134. The molecule has 0 aliphatic rings. The lowest BCUT2D eigenvalue weighted by Crippen LogP contribution is -2.25. The van der Waals surface area contributed by atoms with Crippen LogP contribution >= 0.6 is 11.8 Å². The maximum absolute atomic E-state index is 12.1. The molecule has 25 heavy (non-hydrogen) atoms.